The average molecular weight is 772 g/mol. The Morgan fingerprint density at radius 1 is 0.945 bits per heavy atom. The Morgan fingerprint density at radius 2 is 1.73 bits per heavy atom. The number of carbonyl (C=O) groups excluding carboxylic acids is 3. The van der Waals surface area contributed by atoms with Crippen molar-refractivity contribution in [1.82, 2.24) is 29.7 Å². The number of aromatic nitrogens is 3. The number of imide groups is 1. The van der Waals surface area contributed by atoms with Gasteiger partial charge in [0.25, 0.3) is 11.8 Å². The number of nitrogens with one attached hydrogen (secondary N) is 3. The van der Waals surface area contributed by atoms with Gasteiger partial charge in [-0.15, -0.1) is 11.3 Å². The van der Waals surface area contributed by atoms with Crippen molar-refractivity contribution in [2.45, 2.75) is 69.1 Å². The van der Waals surface area contributed by atoms with Crippen LogP contribution in [0, 0.1) is 0 Å². The number of carbonyl (C=O) groups is 3. The van der Waals surface area contributed by atoms with Gasteiger partial charge in [0.05, 0.1) is 34.8 Å². The van der Waals surface area contributed by atoms with Crippen LogP contribution >= 0.6 is 11.3 Å². The molecule has 3 saturated heterocycles. The lowest BCUT2D eigenvalue weighted by atomic mass is 9.94. The standard InChI is InChI=1S/C39H43F2N9O4S/c1-21-19-42-34-33-24-5-10-31(44-25(24)6-9-29(33)55-35(34)37(53)43-21)48-15-12-22(13-16-48)46(2)30-14-17-49(20-39(30,40)41)23-4-7-26-28(18-23)47(3)38(54)50(26)27-8-11-32(51)45-36(27)52/h4-7,9-10,18,21-22,27,30,42H,8,11-17,19-20H2,1-3H3,(H,43,53)(H,45,51,52)/t21-,27?,30+/m1/s1. The van der Waals surface area contributed by atoms with Crippen LogP contribution in [-0.2, 0) is 16.6 Å². The Labute approximate surface area is 319 Å². The van der Waals surface area contributed by atoms with Gasteiger partial charge in [-0.3, -0.25) is 33.7 Å². The normalized spacial score (nSPS) is 23.6. The lowest BCUT2D eigenvalue weighted by molar-refractivity contribution is -0.135. The van der Waals surface area contributed by atoms with Gasteiger partial charge in [0, 0.05) is 72.9 Å². The number of rotatable bonds is 5. The quantitative estimate of drug-likeness (QED) is 0.222. The van der Waals surface area contributed by atoms with E-state index in [-0.39, 0.29) is 43.2 Å². The molecule has 4 aliphatic heterocycles. The number of hydrogen-bond acceptors (Lipinski definition) is 10. The molecular weight excluding hydrogens is 729 g/mol. The summed E-state index contributed by atoms with van der Waals surface area (Å²) in [4.78, 5) is 61.9. The highest BCUT2D eigenvalue weighted by atomic mass is 32.1. The number of fused-ring (bicyclic) bond motifs is 6. The molecule has 5 aromatic rings. The predicted molar refractivity (Wildman–Crippen MR) is 210 cm³/mol. The zero-order chi connectivity index (χ0) is 38.3. The van der Waals surface area contributed by atoms with E-state index in [2.05, 4.69) is 26.9 Å². The van der Waals surface area contributed by atoms with Crippen molar-refractivity contribution >= 4 is 78.3 Å². The molecule has 0 radical (unpaired) electrons. The van der Waals surface area contributed by atoms with Crippen LogP contribution in [0.5, 0.6) is 0 Å². The van der Waals surface area contributed by atoms with Gasteiger partial charge in [0.15, 0.2) is 0 Å². The Bertz CT molecular complexity index is 2450. The molecule has 0 spiro atoms. The van der Waals surface area contributed by atoms with Gasteiger partial charge in [-0.1, -0.05) is 0 Å². The van der Waals surface area contributed by atoms with Crippen molar-refractivity contribution in [3.8, 4) is 0 Å². The Kier molecular flexibility index (Phi) is 8.60. The average Bonchev–Trinajstić information content (AvgIpc) is 3.62. The van der Waals surface area contributed by atoms with Crippen LogP contribution in [0.1, 0.15) is 54.7 Å². The molecule has 0 bridgehead atoms. The van der Waals surface area contributed by atoms with Gasteiger partial charge in [-0.2, -0.15) is 0 Å². The fourth-order valence-electron chi connectivity index (χ4n) is 9.08. The number of amides is 3. The fraction of sp³-hybridized carbons (Fsp3) is 0.462. The molecule has 13 nitrogen and oxygen atoms in total. The smallest absolute Gasteiger partial charge is 0.329 e. The third kappa shape index (κ3) is 6.00. The van der Waals surface area contributed by atoms with Crippen molar-refractivity contribution in [3.05, 3.63) is 57.8 Å². The summed E-state index contributed by atoms with van der Waals surface area (Å²) in [5, 5.41) is 10.8. The molecule has 3 aromatic heterocycles. The zero-order valence-corrected chi connectivity index (χ0v) is 31.7. The van der Waals surface area contributed by atoms with Crippen molar-refractivity contribution in [1.29, 1.82) is 0 Å². The molecular formula is C39H43F2N9O4S. The van der Waals surface area contributed by atoms with E-state index in [9.17, 15) is 19.2 Å². The number of anilines is 3. The maximum Gasteiger partial charge on any atom is 0.329 e. The number of pyridine rings is 1. The molecule has 3 atom stereocenters. The van der Waals surface area contributed by atoms with Gasteiger partial charge >= 0.3 is 5.69 Å². The molecule has 3 amide bonds. The molecule has 2 aromatic carbocycles. The summed E-state index contributed by atoms with van der Waals surface area (Å²) in [5.41, 5.74) is 2.97. The number of alkyl halides is 2. The van der Waals surface area contributed by atoms with Gasteiger partial charge < -0.3 is 20.4 Å². The molecule has 16 heteroatoms. The van der Waals surface area contributed by atoms with E-state index in [1.54, 1.807) is 30.1 Å². The second-order valence-electron chi connectivity index (χ2n) is 15.5. The predicted octanol–water partition coefficient (Wildman–Crippen LogP) is 4.44. The van der Waals surface area contributed by atoms with E-state index in [1.807, 2.05) is 37.1 Å². The molecule has 9 rings (SSSR count). The number of aryl methyl sites for hydroxylation is 1. The van der Waals surface area contributed by atoms with Crippen LogP contribution in [0.4, 0.5) is 26.0 Å². The Hall–Kier alpha value is -5.09. The van der Waals surface area contributed by atoms with Gasteiger partial charge in [-0.05, 0) is 82.1 Å². The molecule has 7 heterocycles. The summed E-state index contributed by atoms with van der Waals surface area (Å²) in [6.07, 6.45) is 2.10. The van der Waals surface area contributed by atoms with Crippen molar-refractivity contribution in [2.24, 2.45) is 7.05 Å². The second kappa shape index (κ2) is 13.3. The summed E-state index contributed by atoms with van der Waals surface area (Å²) in [5.74, 6) is -3.07. The van der Waals surface area contributed by atoms with E-state index in [4.69, 9.17) is 4.98 Å². The maximum atomic E-state index is 16.1. The zero-order valence-electron chi connectivity index (χ0n) is 30.9. The summed E-state index contributed by atoms with van der Waals surface area (Å²) in [6, 6.07) is 11.6. The Morgan fingerprint density at radius 3 is 2.49 bits per heavy atom. The highest BCUT2D eigenvalue weighted by Crippen LogP contribution is 2.42. The third-order valence-corrected chi connectivity index (χ3v) is 13.2. The highest BCUT2D eigenvalue weighted by molar-refractivity contribution is 7.21. The van der Waals surface area contributed by atoms with Crippen LogP contribution < -0.4 is 31.4 Å². The fourth-order valence-corrected chi connectivity index (χ4v) is 10.2. The minimum atomic E-state index is -2.98. The first-order chi connectivity index (χ1) is 26.4. The maximum absolute atomic E-state index is 16.1. The van der Waals surface area contributed by atoms with E-state index in [1.165, 1.54) is 20.5 Å². The van der Waals surface area contributed by atoms with Crippen LogP contribution in [0.25, 0.3) is 32.0 Å². The van der Waals surface area contributed by atoms with Crippen LogP contribution in [0.15, 0.2) is 47.3 Å². The number of nitrogens with zero attached hydrogens (tertiary/aromatic N) is 6. The van der Waals surface area contributed by atoms with Crippen molar-refractivity contribution < 1.29 is 23.2 Å². The first kappa shape index (κ1) is 35.6. The monoisotopic (exact) mass is 771 g/mol. The number of piperidine rings is 3. The number of benzene rings is 2. The molecule has 55 heavy (non-hydrogen) atoms. The van der Waals surface area contributed by atoms with Gasteiger partial charge in [0.2, 0.25) is 11.8 Å². The molecule has 1 unspecified atom stereocenters. The summed E-state index contributed by atoms with van der Waals surface area (Å²) in [6.45, 7) is 4.00. The number of imidazole rings is 1. The van der Waals surface area contributed by atoms with Gasteiger partial charge in [0.1, 0.15) is 16.7 Å². The summed E-state index contributed by atoms with van der Waals surface area (Å²) >= 11 is 1.49. The first-order valence-electron chi connectivity index (χ1n) is 18.9. The number of hydrogen-bond donors (Lipinski definition) is 3. The Balaban J connectivity index is 0.868. The van der Waals surface area contributed by atoms with Crippen LogP contribution in [0.3, 0.4) is 0 Å². The topological polar surface area (TPSA) is 137 Å². The van der Waals surface area contributed by atoms with E-state index >= 15 is 8.78 Å². The molecule has 3 N–H and O–H groups in total. The summed E-state index contributed by atoms with van der Waals surface area (Å²) < 4.78 is 36.0. The number of halogens is 2. The lowest BCUT2D eigenvalue weighted by Crippen LogP contribution is -2.60. The van der Waals surface area contributed by atoms with Crippen LogP contribution in [0.2, 0.25) is 0 Å². The minimum Gasteiger partial charge on any atom is -0.381 e. The van der Waals surface area contributed by atoms with Crippen LogP contribution in [-0.4, -0.2) is 101 Å². The first-order valence-corrected chi connectivity index (χ1v) is 19.7. The minimum absolute atomic E-state index is 0.00227. The number of thiophene rings is 1. The molecule has 3 fully saturated rings. The van der Waals surface area contributed by atoms with Gasteiger partial charge in [-0.25, -0.2) is 18.6 Å². The molecule has 288 valence electrons. The highest BCUT2D eigenvalue weighted by Gasteiger charge is 2.48. The van der Waals surface area contributed by atoms with E-state index < -0.39 is 36.1 Å². The largest absolute Gasteiger partial charge is 0.381 e. The van der Waals surface area contributed by atoms with Crippen molar-refractivity contribution in [3.63, 3.8) is 0 Å². The van der Waals surface area contributed by atoms with E-state index in [0.29, 0.717) is 47.8 Å². The summed E-state index contributed by atoms with van der Waals surface area (Å²) in [7, 11) is 3.43. The molecule has 4 aliphatic rings. The van der Waals surface area contributed by atoms with E-state index in [0.717, 1.165) is 45.3 Å². The SMILES string of the molecule is C[C@@H]1CNc2c(sc3ccc4nc(N5CCC(N(C)[C@H]6CCN(c7ccc8c(c7)n(C)c(=O)n8C7CCC(=O)NC7=O)CC6(F)F)CC5)ccc4c23)C(=O)N1. The third-order valence-electron chi connectivity index (χ3n) is 12.1. The molecule has 0 aliphatic carbocycles. The van der Waals surface area contributed by atoms with Crippen molar-refractivity contribution in [2.75, 3.05) is 54.9 Å². The molecule has 0 saturated carbocycles. The second-order valence-corrected chi connectivity index (χ2v) is 16.5. The lowest BCUT2D eigenvalue weighted by Gasteiger charge is -2.47.